The fourth-order valence-corrected chi connectivity index (χ4v) is 1.59. The molecule has 2 aromatic rings. The summed E-state index contributed by atoms with van der Waals surface area (Å²) in [7, 11) is 0. The molecule has 0 fully saturated rings. The smallest absolute Gasteiger partial charge is 0.232 e. The van der Waals surface area contributed by atoms with Crippen LogP contribution in [0.3, 0.4) is 0 Å². The van der Waals surface area contributed by atoms with Crippen molar-refractivity contribution in [1.82, 2.24) is 4.98 Å². The van der Waals surface area contributed by atoms with Gasteiger partial charge in [0.25, 0.3) is 0 Å². The second kappa shape index (κ2) is 5.52. The van der Waals surface area contributed by atoms with Gasteiger partial charge in [0.15, 0.2) is 0 Å². The summed E-state index contributed by atoms with van der Waals surface area (Å²) in [4.78, 5) is 4.21. The van der Waals surface area contributed by atoms with Gasteiger partial charge >= 0.3 is 0 Å². The van der Waals surface area contributed by atoms with Crippen LogP contribution < -0.4 is 4.74 Å². The van der Waals surface area contributed by atoms with Gasteiger partial charge in [0, 0.05) is 10.7 Å². The zero-order chi connectivity index (χ0) is 13.0. The first kappa shape index (κ1) is 12.4. The second-order valence-electron chi connectivity index (χ2n) is 3.83. The van der Waals surface area contributed by atoms with E-state index in [1.165, 1.54) is 0 Å². The molecule has 3 nitrogen and oxygen atoms in total. The van der Waals surface area contributed by atoms with Crippen LogP contribution in [0.25, 0.3) is 0 Å². The van der Waals surface area contributed by atoms with Crippen LogP contribution in [-0.4, -0.2) is 4.98 Å². The van der Waals surface area contributed by atoms with E-state index in [0.29, 0.717) is 23.1 Å². The predicted molar refractivity (Wildman–Crippen MR) is 69.5 cm³/mol. The Labute approximate surface area is 111 Å². The lowest BCUT2D eigenvalue weighted by molar-refractivity contribution is 0.292. The third-order valence-electron chi connectivity index (χ3n) is 2.41. The van der Waals surface area contributed by atoms with Gasteiger partial charge in [0.2, 0.25) is 5.88 Å². The maximum atomic E-state index is 8.96. The van der Waals surface area contributed by atoms with E-state index in [-0.39, 0.29) is 0 Å². The molecule has 2 rings (SSSR count). The summed E-state index contributed by atoms with van der Waals surface area (Å²) >= 11 is 5.80. The topological polar surface area (TPSA) is 45.9 Å². The molecule has 0 atom stereocenters. The number of hydrogen-bond acceptors (Lipinski definition) is 3. The third-order valence-corrected chi connectivity index (χ3v) is 2.66. The lowest BCUT2D eigenvalue weighted by Crippen LogP contribution is -2.00. The monoisotopic (exact) mass is 258 g/mol. The van der Waals surface area contributed by atoms with Crippen LogP contribution in [0.15, 0.2) is 36.4 Å². The maximum Gasteiger partial charge on any atom is 0.232 e. The Bertz CT molecular complexity index is 588. The van der Waals surface area contributed by atoms with E-state index in [2.05, 4.69) is 11.1 Å². The quantitative estimate of drug-likeness (QED) is 0.847. The second-order valence-corrected chi connectivity index (χ2v) is 4.27. The molecule has 0 amide bonds. The number of aromatic nitrogens is 1. The summed E-state index contributed by atoms with van der Waals surface area (Å²) in [6, 6.07) is 12.9. The van der Waals surface area contributed by atoms with Gasteiger partial charge in [-0.25, -0.2) is 4.98 Å². The van der Waals surface area contributed by atoms with Crippen molar-refractivity contribution >= 4 is 11.6 Å². The molecule has 1 heterocycles. The summed E-state index contributed by atoms with van der Waals surface area (Å²) in [5.41, 5.74) is 2.24. The van der Waals surface area contributed by atoms with Crippen molar-refractivity contribution in [1.29, 1.82) is 5.26 Å². The number of pyridine rings is 1. The molecule has 0 radical (unpaired) electrons. The van der Waals surface area contributed by atoms with Crippen LogP contribution in [0.1, 0.15) is 16.8 Å². The van der Waals surface area contributed by atoms with Crippen LogP contribution in [0.2, 0.25) is 5.02 Å². The third kappa shape index (κ3) is 2.99. The van der Waals surface area contributed by atoms with Crippen molar-refractivity contribution in [3.8, 4) is 11.9 Å². The van der Waals surface area contributed by atoms with E-state index < -0.39 is 0 Å². The van der Waals surface area contributed by atoms with Crippen molar-refractivity contribution in [2.75, 3.05) is 0 Å². The predicted octanol–water partition coefficient (Wildman–Crippen LogP) is 3.49. The van der Waals surface area contributed by atoms with Crippen molar-refractivity contribution in [3.63, 3.8) is 0 Å². The molecule has 18 heavy (non-hydrogen) atoms. The highest BCUT2D eigenvalue weighted by atomic mass is 35.5. The van der Waals surface area contributed by atoms with E-state index >= 15 is 0 Å². The lowest BCUT2D eigenvalue weighted by atomic mass is 10.2. The SMILES string of the molecule is Cc1ccc(C#N)c(OCc2ccc(Cl)cc2)n1. The minimum absolute atomic E-state index is 0.363. The van der Waals surface area contributed by atoms with Gasteiger partial charge in [-0.2, -0.15) is 5.26 Å². The number of nitrogens with zero attached hydrogens (tertiary/aromatic N) is 2. The Morgan fingerprint density at radius 1 is 1.22 bits per heavy atom. The number of halogens is 1. The van der Waals surface area contributed by atoms with Crippen molar-refractivity contribution in [3.05, 3.63) is 58.2 Å². The highest BCUT2D eigenvalue weighted by Gasteiger charge is 2.05. The molecule has 0 N–H and O–H groups in total. The van der Waals surface area contributed by atoms with Crippen LogP contribution in [-0.2, 0) is 6.61 Å². The Hall–Kier alpha value is -2.05. The Kier molecular flexibility index (Phi) is 3.81. The Balaban J connectivity index is 2.13. The summed E-state index contributed by atoms with van der Waals surface area (Å²) in [6.45, 7) is 2.22. The van der Waals surface area contributed by atoms with Crippen molar-refractivity contribution in [2.45, 2.75) is 13.5 Å². The highest BCUT2D eigenvalue weighted by molar-refractivity contribution is 6.30. The Morgan fingerprint density at radius 2 is 1.94 bits per heavy atom. The first-order chi connectivity index (χ1) is 8.69. The van der Waals surface area contributed by atoms with Crippen LogP contribution in [0.5, 0.6) is 5.88 Å². The molecule has 1 aromatic carbocycles. The lowest BCUT2D eigenvalue weighted by Gasteiger charge is -2.07. The zero-order valence-electron chi connectivity index (χ0n) is 9.85. The molecule has 4 heteroatoms. The molecule has 0 aliphatic carbocycles. The van der Waals surface area contributed by atoms with Gasteiger partial charge < -0.3 is 4.74 Å². The van der Waals surface area contributed by atoms with E-state index in [1.807, 2.05) is 19.1 Å². The van der Waals surface area contributed by atoms with Crippen LogP contribution >= 0.6 is 11.6 Å². The van der Waals surface area contributed by atoms with E-state index in [1.54, 1.807) is 24.3 Å². The molecular formula is C14H11ClN2O. The fourth-order valence-electron chi connectivity index (χ4n) is 1.46. The van der Waals surface area contributed by atoms with E-state index in [4.69, 9.17) is 21.6 Å². The van der Waals surface area contributed by atoms with Gasteiger partial charge in [-0.15, -0.1) is 0 Å². The molecule has 0 aliphatic heterocycles. The number of hydrogen-bond donors (Lipinski definition) is 0. The highest BCUT2D eigenvalue weighted by Crippen LogP contribution is 2.17. The molecule has 0 saturated carbocycles. The maximum absolute atomic E-state index is 8.96. The first-order valence-corrected chi connectivity index (χ1v) is 5.82. The van der Waals surface area contributed by atoms with Crippen molar-refractivity contribution in [2.24, 2.45) is 0 Å². The summed E-state index contributed by atoms with van der Waals surface area (Å²) in [6.07, 6.45) is 0. The zero-order valence-corrected chi connectivity index (χ0v) is 10.6. The average molecular weight is 259 g/mol. The van der Waals surface area contributed by atoms with Gasteiger partial charge in [-0.1, -0.05) is 23.7 Å². The normalized spacial score (nSPS) is 9.83. The summed E-state index contributed by atoms with van der Waals surface area (Å²) < 4.78 is 5.56. The molecule has 1 aromatic heterocycles. The fraction of sp³-hybridized carbons (Fsp3) is 0.143. The number of benzene rings is 1. The molecule has 0 aliphatic rings. The standard InChI is InChI=1S/C14H11ClN2O/c1-10-2-5-12(8-16)14(17-10)18-9-11-3-6-13(15)7-4-11/h2-7H,9H2,1H3. The number of nitriles is 1. The molecule has 0 saturated heterocycles. The number of rotatable bonds is 3. The summed E-state index contributed by atoms with van der Waals surface area (Å²) in [5.74, 6) is 0.368. The summed E-state index contributed by atoms with van der Waals surface area (Å²) in [5, 5.41) is 9.64. The molecule has 0 unspecified atom stereocenters. The number of aryl methyl sites for hydroxylation is 1. The van der Waals surface area contributed by atoms with Gasteiger partial charge in [0.1, 0.15) is 18.2 Å². The molecule has 0 bridgehead atoms. The van der Waals surface area contributed by atoms with E-state index in [9.17, 15) is 0 Å². The number of ether oxygens (including phenoxy) is 1. The molecule has 90 valence electrons. The average Bonchev–Trinajstić information content (AvgIpc) is 2.38. The minimum Gasteiger partial charge on any atom is -0.472 e. The molecule has 0 spiro atoms. The van der Waals surface area contributed by atoms with E-state index in [0.717, 1.165) is 11.3 Å². The minimum atomic E-state index is 0.363. The van der Waals surface area contributed by atoms with Crippen LogP contribution in [0, 0.1) is 18.3 Å². The largest absolute Gasteiger partial charge is 0.472 e. The van der Waals surface area contributed by atoms with Crippen LogP contribution in [0.4, 0.5) is 0 Å². The molecular weight excluding hydrogens is 248 g/mol. The van der Waals surface area contributed by atoms with Gasteiger partial charge in [0.05, 0.1) is 0 Å². The van der Waals surface area contributed by atoms with Gasteiger partial charge in [-0.3, -0.25) is 0 Å². The Morgan fingerprint density at radius 3 is 2.61 bits per heavy atom. The van der Waals surface area contributed by atoms with Crippen molar-refractivity contribution < 1.29 is 4.74 Å². The van der Waals surface area contributed by atoms with Gasteiger partial charge in [-0.05, 0) is 36.8 Å². The first-order valence-electron chi connectivity index (χ1n) is 5.44.